The van der Waals surface area contributed by atoms with Gasteiger partial charge in [0.05, 0.1) is 0 Å². The molecule has 0 saturated carbocycles. The van der Waals surface area contributed by atoms with Crippen LogP contribution in [0.1, 0.15) is 64.5 Å². The number of nitrogens with zero attached hydrogens (tertiary/aromatic N) is 1. The third kappa shape index (κ3) is 5.46. The first-order valence-corrected chi connectivity index (χ1v) is 7.28. The lowest BCUT2D eigenvalue weighted by Crippen LogP contribution is -2.11. The van der Waals surface area contributed by atoms with Crippen LogP contribution in [0.2, 0.25) is 0 Å². The van der Waals surface area contributed by atoms with E-state index in [-0.39, 0.29) is 5.41 Å². The average Bonchev–Trinajstić information content (AvgIpc) is 2.34. The SMILES string of the molecule is CCCCCCN=Cc1cc(C(C)(C)C)ccc1O. The van der Waals surface area contributed by atoms with Crippen molar-refractivity contribution in [2.45, 2.75) is 58.8 Å². The second-order valence-corrected chi connectivity index (χ2v) is 6.12. The van der Waals surface area contributed by atoms with Crippen molar-refractivity contribution in [3.63, 3.8) is 0 Å². The third-order valence-electron chi connectivity index (χ3n) is 3.26. The van der Waals surface area contributed by atoms with Gasteiger partial charge >= 0.3 is 0 Å². The number of hydrogen-bond donors (Lipinski definition) is 1. The lowest BCUT2D eigenvalue weighted by molar-refractivity contribution is 0.473. The molecule has 1 aromatic rings. The molecule has 2 nitrogen and oxygen atoms in total. The second-order valence-electron chi connectivity index (χ2n) is 6.12. The van der Waals surface area contributed by atoms with Crippen molar-refractivity contribution >= 4 is 6.21 Å². The molecule has 2 heteroatoms. The maximum Gasteiger partial charge on any atom is 0.124 e. The molecule has 0 amide bonds. The number of rotatable bonds is 6. The highest BCUT2D eigenvalue weighted by Crippen LogP contribution is 2.26. The van der Waals surface area contributed by atoms with Crippen LogP contribution in [0.5, 0.6) is 5.75 Å². The van der Waals surface area contributed by atoms with E-state index in [9.17, 15) is 5.11 Å². The maximum absolute atomic E-state index is 9.85. The van der Waals surface area contributed by atoms with Crippen molar-refractivity contribution < 1.29 is 5.11 Å². The molecular formula is C17H27NO. The number of benzene rings is 1. The predicted molar refractivity (Wildman–Crippen MR) is 83.4 cm³/mol. The second kappa shape index (κ2) is 7.32. The number of phenols is 1. The molecule has 0 aliphatic carbocycles. The highest BCUT2D eigenvalue weighted by molar-refractivity contribution is 5.83. The van der Waals surface area contributed by atoms with Crippen LogP contribution >= 0.6 is 0 Å². The van der Waals surface area contributed by atoms with E-state index in [0.717, 1.165) is 18.5 Å². The summed E-state index contributed by atoms with van der Waals surface area (Å²) in [5.41, 5.74) is 2.14. The Morgan fingerprint density at radius 2 is 1.89 bits per heavy atom. The zero-order chi connectivity index (χ0) is 14.3. The monoisotopic (exact) mass is 261 g/mol. The summed E-state index contributed by atoms with van der Waals surface area (Å²) < 4.78 is 0. The Morgan fingerprint density at radius 1 is 1.16 bits per heavy atom. The molecule has 0 fully saturated rings. The van der Waals surface area contributed by atoms with Crippen LogP contribution in [0, 0.1) is 0 Å². The lowest BCUT2D eigenvalue weighted by atomic mass is 9.86. The van der Waals surface area contributed by atoms with E-state index in [1.165, 1.54) is 24.8 Å². The largest absolute Gasteiger partial charge is 0.507 e. The van der Waals surface area contributed by atoms with Gasteiger partial charge in [-0.2, -0.15) is 0 Å². The molecule has 0 atom stereocenters. The van der Waals surface area contributed by atoms with Crippen molar-refractivity contribution in [1.82, 2.24) is 0 Å². The van der Waals surface area contributed by atoms with Crippen molar-refractivity contribution in [2.75, 3.05) is 6.54 Å². The number of hydrogen-bond acceptors (Lipinski definition) is 2. The highest BCUT2D eigenvalue weighted by Gasteiger charge is 2.14. The fourth-order valence-electron chi connectivity index (χ4n) is 1.92. The van der Waals surface area contributed by atoms with Crippen LogP contribution in [0.4, 0.5) is 0 Å². The lowest BCUT2D eigenvalue weighted by Gasteiger charge is -2.19. The molecule has 0 spiro atoms. The van der Waals surface area contributed by atoms with Crippen LogP contribution in [-0.2, 0) is 5.41 Å². The standard InChI is InChI=1S/C17H27NO/c1-5-6-7-8-11-18-13-14-12-15(17(2,3)4)9-10-16(14)19/h9-10,12-13,19H,5-8,11H2,1-4H3. The van der Waals surface area contributed by atoms with Gasteiger partial charge in [0, 0.05) is 18.3 Å². The molecule has 0 aliphatic heterocycles. The summed E-state index contributed by atoms with van der Waals surface area (Å²) >= 11 is 0. The molecule has 0 aromatic heterocycles. The Labute approximate surface area is 117 Å². The third-order valence-corrected chi connectivity index (χ3v) is 3.26. The van der Waals surface area contributed by atoms with Crippen molar-refractivity contribution in [2.24, 2.45) is 4.99 Å². The van der Waals surface area contributed by atoms with Gasteiger partial charge in [-0.05, 0) is 29.5 Å². The summed E-state index contributed by atoms with van der Waals surface area (Å²) in [6.45, 7) is 9.57. The molecule has 0 unspecified atom stereocenters. The molecule has 0 heterocycles. The van der Waals surface area contributed by atoms with Gasteiger partial charge < -0.3 is 5.11 Å². The number of phenolic OH excluding ortho intramolecular Hbond substituents is 1. The molecule has 1 rings (SSSR count). The fourth-order valence-corrected chi connectivity index (χ4v) is 1.92. The molecule has 19 heavy (non-hydrogen) atoms. The average molecular weight is 261 g/mol. The van der Waals surface area contributed by atoms with Gasteiger partial charge in [-0.1, -0.05) is 53.0 Å². The van der Waals surface area contributed by atoms with Crippen LogP contribution in [0.25, 0.3) is 0 Å². The Balaban J connectivity index is 2.64. The van der Waals surface area contributed by atoms with Gasteiger partial charge in [0.15, 0.2) is 0 Å². The molecule has 0 radical (unpaired) electrons. The van der Waals surface area contributed by atoms with Crippen molar-refractivity contribution in [3.05, 3.63) is 29.3 Å². The Hall–Kier alpha value is -1.31. The minimum absolute atomic E-state index is 0.0947. The molecule has 0 bridgehead atoms. The van der Waals surface area contributed by atoms with E-state index in [4.69, 9.17) is 0 Å². The molecule has 1 N–H and O–H groups in total. The summed E-state index contributed by atoms with van der Waals surface area (Å²) in [6, 6.07) is 5.78. The smallest absolute Gasteiger partial charge is 0.124 e. The van der Waals surface area contributed by atoms with E-state index in [1.807, 2.05) is 12.1 Å². The van der Waals surface area contributed by atoms with E-state index in [2.05, 4.69) is 32.7 Å². The summed E-state index contributed by atoms with van der Waals surface area (Å²) in [6.07, 6.45) is 6.70. The van der Waals surface area contributed by atoms with Crippen LogP contribution in [0.3, 0.4) is 0 Å². The van der Waals surface area contributed by atoms with E-state index >= 15 is 0 Å². The van der Waals surface area contributed by atoms with Gasteiger partial charge in [-0.3, -0.25) is 4.99 Å². The minimum Gasteiger partial charge on any atom is -0.507 e. The zero-order valence-corrected chi connectivity index (χ0v) is 12.7. The molecule has 106 valence electrons. The molecular weight excluding hydrogens is 234 g/mol. The van der Waals surface area contributed by atoms with Crippen molar-refractivity contribution in [1.29, 1.82) is 0 Å². The van der Waals surface area contributed by atoms with Crippen LogP contribution in [0.15, 0.2) is 23.2 Å². The van der Waals surface area contributed by atoms with E-state index in [1.54, 1.807) is 12.3 Å². The van der Waals surface area contributed by atoms with Crippen LogP contribution < -0.4 is 0 Å². The van der Waals surface area contributed by atoms with E-state index < -0.39 is 0 Å². The Bertz CT molecular complexity index is 416. The quantitative estimate of drug-likeness (QED) is 0.585. The fraction of sp³-hybridized carbons (Fsp3) is 0.588. The first-order chi connectivity index (χ1) is 8.95. The van der Waals surface area contributed by atoms with Gasteiger partial charge in [0.2, 0.25) is 0 Å². The molecule has 0 saturated heterocycles. The zero-order valence-electron chi connectivity index (χ0n) is 12.7. The maximum atomic E-state index is 9.85. The summed E-state index contributed by atoms with van der Waals surface area (Å²) in [5.74, 6) is 0.310. The Morgan fingerprint density at radius 3 is 2.53 bits per heavy atom. The summed E-state index contributed by atoms with van der Waals surface area (Å²) in [4.78, 5) is 4.41. The van der Waals surface area contributed by atoms with Crippen molar-refractivity contribution in [3.8, 4) is 5.75 Å². The summed E-state index contributed by atoms with van der Waals surface area (Å²) in [5, 5.41) is 9.85. The molecule has 0 aliphatic rings. The predicted octanol–water partition coefficient (Wildman–Crippen LogP) is 4.69. The first kappa shape index (κ1) is 15.7. The van der Waals surface area contributed by atoms with E-state index in [0.29, 0.717) is 5.75 Å². The van der Waals surface area contributed by atoms with Gasteiger partial charge in [-0.15, -0.1) is 0 Å². The number of aliphatic imine (C=N–C) groups is 1. The van der Waals surface area contributed by atoms with Gasteiger partial charge in [0.1, 0.15) is 5.75 Å². The van der Waals surface area contributed by atoms with Gasteiger partial charge in [-0.25, -0.2) is 0 Å². The molecule has 1 aromatic carbocycles. The van der Waals surface area contributed by atoms with Gasteiger partial charge in [0.25, 0.3) is 0 Å². The summed E-state index contributed by atoms with van der Waals surface area (Å²) in [7, 11) is 0. The number of unbranched alkanes of at least 4 members (excludes halogenated alkanes) is 3. The Kier molecular flexibility index (Phi) is 6.07. The van der Waals surface area contributed by atoms with Crippen LogP contribution in [-0.4, -0.2) is 17.9 Å². The first-order valence-electron chi connectivity index (χ1n) is 7.28. The topological polar surface area (TPSA) is 32.6 Å². The number of aromatic hydroxyl groups is 1. The minimum atomic E-state index is 0.0947. The normalized spacial score (nSPS) is 12.2. The highest BCUT2D eigenvalue weighted by atomic mass is 16.3.